The highest BCUT2D eigenvalue weighted by Crippen LogP contribution is 2.23. The number of amides is 1. The van der Waals surface area contributed by atoms with Gasteiger partial charge in [0.25, 0.3) is 0 Å². The lowest BCUT2D eigenvalue weighted by atomic mass is 10.2. The van der Waals surface area contributed by atoms with Crippen molar-refractivity contribution in [3.63, 3.8) is 0 Å². The molecule has 164 valence electrons. The van der Waals surface area contributed by atoms with Crippen molar-refractivity contribution in [3.8, 4) is 5.75 Å². The molecule has 3 rings (SSSR count). The zero-order valence-electron chi connectivity index (χ0n) is 17.3. The number of nitrogens with one attached hydrogen (secondary N) is 1. The highest BCUT2D eigenvalue weighted by atomic mass is 35.5. The van der Waals surface area contributed by atoms with Gasteiger partial charge in [0.1, 0.15) is 11.6 Å². The van der Waals surface area contributed by atoms with Gasteiger partial charge in [0.2, 0.25) is 5.91 Å². The van der Waals surface area contributed by atoms with Crippen LogP contribution in [-0.4, -0.2) is 38.0 Å². The summed E-state index contributed by atoms with van der Waals surface area (Å²) >= 11 is 13.3. The van der Waals surface area contributed by atoms with Crippen molar-refractivity contribution >= 4 is 46.6 Å². The van der Waals surface area contributed by atoms with E-state index in [0.717, 1.165) is 36.5 Å². The highest BCUT2D eigenvalue weighted by Gasteiger charge is 2.14. The van der Waals surface area contributed by atoms with Crippen LogP contribution >= 0.6 is 35.0 Å². The van der Waals surface area contributed by atoms with Gasteiger partial charge in [0.05, 0.1) is 18.0 Å². The van der Waals surface area contributed by atoms with Crippen LogP contribution in [0.5, 0.6) is 5.75 Å². The zero-order valence-corrected chi connectivity index (χ0v) is 19.6. The molecule has 0 atom stereocenters. The third-order valence-corrected chi connectivity index (χ3v) is 5.92. The van der Waals surface area contributed by atoms with Crippen LogP contribution in [0.15, 0.2) is 41.7 Å². The van der Waals surface area contributed by atoms with E-state index in [2.05, 4.69) is 20.5 Å². The molecule has 31 heavy (non-hydrogen) atoms. The van der Waals surface area contributed by atoms with Gasteiger partial charge in [-0.05, 0) is 56.2 Å². The first-order valence-corrected chi connectivity index (χ1v) is 11.6. The lowest BCUT2D eigenvalue weighted by Crippen LogP contribution is -2.15. The van der Waals surface area contributed by atoms with E-state index in [1.54, 1.807) is 18.3 Å². The molecule has 2 aromatic heterocycles. The smallest absolute Gasteiger partial charge is 0.234 e. The minimum absolute atomic E-state index is 0.182. The molecule has 2 heterocycles. The third kappa shape index (κ3) is 6.59. The van der Waals surface area contributed by atoms with Crippen LogP contribution < -0.4 is 10.1 Å². The standard InChI is InChI=1S/C21H23Cl2N5O2S/c1-3-28-18(7-5-11-30-17-9-8-15(22)12-14(17)2)26-27-21(28)31-13-19(29)25-16-6-4-10-24-20(16)23/h4,6,8-10,12H,3,5,7,11,13H2,1-2H3,(H,25,29). The van der Waals surface area contributed by atoms with Crippen LogP contribution in [0.4, 0.5) is 5.69 Å². The molecule has 0 saturated carbocycles. The van der Waals surface area contributed by atoms with Crippen LogP contribution in [0, 0.1) is 6.92 Å². The third-order valence-electron chi connectivity index (χ3n) is 4.41. The summed E-state index contributed by atoms with van der Waals surface area (Å²) in [4.78, 5) is 16.2. The summed E-state index contributed by atoms with van der Waals surface area (Å²) in [6.45, 7) is 5.28. The average molecular weight is 480 g/mol. The van der Waals surface area contributed by atoms with Crippen molar-refractivity contribution in [3.05, 3.63) is 58.1 Å². The SMILES string of the molecule is CCn1c(CCCOc2ccc(Cl)cc2C)nnc1SCC(=O)Nc1cccnc1Cl. The van der Waals surface area contributed by atoms with Crippen molar-refractivity contribution in [2.45, 2.75) is 38.4 Å². The number of aryl methyl sites for hydroxylation is 2. The summed E-state index contributed by atoms with van der Waals surface area (Å²) in [5.41, 5.74) is 1.50. The van der Waals surface area contributed by atoms with Gasteiger partial charge in [0.15, 0.2) is 10.3 Å². The Bertz CT molecular complexity index is 1040. The molecule has 0 bridgehead atoms. The first-order valence-electron chi connectivity index (χ1n) is 9.82. The maximum atomic E-state index is 12.2. The Labute approximate surface area is 195 Å². The van der Waals surface area contributed by atoms with Gasteiger partial charge in [-0.25, -0.2) is 4.98 Å². The second-order valence-electron chi connectivity index (χ2n) is 6.68. The number of hydrogen-bond donors (Lipinski definition) is 1. The van der Waals surface area contributed by atoms with Crippen molar-refractivity contribution < 1.29 is 9.53 Å². The molecule has 0 aliphatic heterocycles. The number of halogens is 2. The number of carbonyl (C=O) groups is 1. The molecule has 0 aliphatic carbocycles. The fourth-order valence-corrected chi connectivity index (χ4v) is 4.13. The topological polar surface area (TPSA) is 81.9 Å². The van der Waals surface area contributed by atoms with Gasteiger partial charge < -0.3 is 14.6 Å². The number of ether oxygens (including phenoxy) is 1. The van der Waals surface area contributed by atoms with E-state index < -0.39 is 0 Å². The van der Waals surface area contributed by atoms with Crippen LogP contribution in [0.25, 0.3) is 0 Å². The Morgan fingerprint density at radius 3 is 2.84 bits per heavy atom. The number of thioether (sulfide) groups is 1. The summed E-state index contributed by atoms with van der Waals surface area (Å²) < 4.78 is 7.87. The minimum Gasteiger partial charge on any atom is -0.493 e. The molecule has 3 aromatic rings. The summed E-state index contributed by atoms with van der Waals surface area (Å²) in [6.07, 6.45) is 3.09. The molecule has 7 nitrogen and oxygen atoms in total. The van der Waals surface area contributed by atoms with E-state index >= 15 is 0 Å². The van der Waals surface area contributed by atoms with Crippen molar-refractivity contribution in [1.29, 1.82) is 0 Å². The quantitative estimate of drug-likeness (QED) is 0.249. The monoisotopic (exact) mass is 479 g/mol. The van der Waals surface area contributed by atoms with E-state index in [-0.39, 0.29) is 16.8 Å². The second-order valence-corrected chi connectivity index (χ2v) is 8.42. The Morgan fingerprint density at radius 2 is 2.10 bits per heavy atom. The number of benzene rings is 1. The molecule has 0 fully saturated rings. The molecule has 0 saturated heterocycles. The molecule has 1 amide bonds. The molecular formula is C21H23Cl2N5O2S. The first kappa shape index (κ1) is 23.4. The van der Waals surface area contributed by atoms with Gasteiger partial charge in [-0.1, -0.05) is 35.0 Å². The van der Waals surface area contributed by atoms with E-state index in [1.807, 2.05) is 36.6 Å². The molecule has 0 spiro atoms. The van der Waals surface area contributed by atoms with Crippen LogP contribution in [-0.2, 0) is 17.8 Å². The van der Waals surface area contributed by atoms with Crippen molar-refractivity contribution in [2.24, 2.45) is 0 Å². The van der Waals surface area contributed by atoms with Gasteiger partial charge in [0, 0.05) is 24.2 Å². The molecule has 1 N–H and O–H groups in total. The lowest BCUT2D eigenvalue weighted by molar-refractivity contribution is -0.113. The fraction of sp³-hybridized carbons (Fsp3) is 0.333. The first-order chi connectivity index (χ1) is 15.0. The molecule has 0 unspecified atom stereocenters. The van der Waals surface area contributed by atoms with E-state index in [0.29, 0.717) is 22.5 Å². The van der Waals surface area contributed by atoms with Gasteiger partial charge in [-0.2, -0.15) is 0 Å². The van der Waals surface area contributed by atoms with Gasteiger partial charge in [-0.3, -0.25) is 4.79 Å². The van der Waals surface area contributed by atoms with Crippen LogP contribution in [0.2, 0.25) is 10.2 Å². The largest absolute Gasteiger partial charge is 0.493 e. The maximum Gasteiger partial charge on any atom is 0.234 e. The summed E-state index contributed by atoms with van der Waals surface area (Å²) in [5, 5.41) is 13.0. The normalized spacial score (nSPS) is 10.8. The zero-order chi connectivity index (χ0) is 22.2. The molecule has 0 aliphatic rings. The van der Waals surface area contributed by atoms with Gasteiger partial charge >= 0.3 is 0 Å². The highest BCUT2D eigenvalue weighted by molar-refractivity contribution is 7.99. The van der Waals surface area contributed by atoms with Crippen molar-refractivity contribution in [2.75, 3.05) is 17.7 Å². The van der Waals surface area contributed by atoms with E-state index in [9.17, 15) is 4.79 Å². The molecular weight excluding hydrogens is 457 g/mol. The Balaban J connectivity index is 1.49. The van der Waals surface area contributed by atoms with Gasteiger partial charge in [-0.15, -0.1) is 10.2 Å². The summed E-state index contributed by atoms with van der Waals surface area (Å²) in [5.74, 6) is 1.72. The predicted octanol–water partition coefficient (Wildman–Crippen LogP) is 5.05. The number of pyridine rings is 1. The van der Waals surface area contributed by atoms with Crippen LogP contribution in [0.1, 0.15) is 24.7 Å². The van der Waals surface area contributed by atoms with Crippen molar-refractivity contribution in [1.82, 2.24) is 19.7 Å². The fourth-order valence-electron chi connectivity index (χ4n) is 2.91. The number of rotatable bonds is 10. The Kier molecular flexibility index (Phi) is 8.57. The van der Waals surface area contributed by atoms with Crippen LogP contribution in [0.3, 0.4) is 0 Å². The summed E-state index contributed by atoms with van der Waals surface area (Å²) in [7, 11) is 0. The number of anilines is 1. The minimum atomic E-state index is -0.182. The Morgan fingerprint density at radius 1 is 1.26 bits per heavy atom. The molecule has 0 radical (unpaired) electrons. The Hall–Kier alpha value is -2.29. The summed E-state index contributed by atoms with van der Waals surface area (Å²) in [6, 6.07) is 9.00. The number of nitrogens with zero attached hydrogens (tertiary/aromatic N) is 4. The lowest BCUT2D eigenvalue weighted by Gasteiger charge is -2.10. The molecule has 1 aromatic carbocycles. The maximum absolute atomic E-state index is 12.2. The number of aromatic nitrogens is 4. The van der Waals surface area contributed by atoms with E-state index in [1.165, 1.54) is 11.8 Å². The predicted molar refractivity (Wildman–Crippen MR) is 124 cm³/mol. The number of carbonyl (C=O) groups excluding carboxylic acids is 1. The molecule has 10 heteroatoms. The average Bonchev–Trinajstić information content (AvgIpc) is 3.14. The second kappa shape index (κ2) is 11.4. The number of hydrogen-bond acceptors (Lipinski definition) is 6. The van der Waals surface area contributed by atoms with E-state index in [4.69, 9.17) is 27.9 Å².